The molecule has 2 atom stereocenters. The highest BCUT2D eigenvalue weighted by Crippen LogP contribution is 2.25. The van der Waals surface area contributed by atoms with E-state index in [1.54, 1.807) is 12.1 Å². The van der Waals surface area contributed by atoms with Crippen LogP contribution in [-0.4, -0.2) is 19.4 Å². The number of aromatic nitrogens is 1. The molecule has 6 heteroatoms. The lowest BCUT2D eigenvalue weighted by Crippen LogP contribution is -2.41. The number of nitrogens with zero attached hydrogens (tertiary/aromatic N) is 1. The molecule has 0 radical (unpaired) electrons. The monoisotopic (exact) mass is 269 g/mol. The first-order chi connectivity index (χ1) is 8.50. The number of hydrogen-bond acceptors (Lipinski definition) is 4. The molecule has 1 saturated carbocycles. The lowest BCUT2D eigenvalue weighted by Gasteiger charge is -2.29. The Morgan fingerprint density at radius 3 is 2.78 bits per heavy atom. The smallest absolute Gasteiger partial charge is 0.260 e. The maximum Gasteiger partial charge on any atom is 0.260 e. The highest BCUT2D eigenvalue weighted by molar-refractivity contribution is 7.89. The van der Waals surface area contributed by atoms with Gasteiger partial charge < -0.3 is 5.73 Å². The average molecular weight is 269 g/mol. The second kappa shape index (κ2) is 5.24. The summed E-state index contributed by atoms with van der Waals surface area (Å²) in [6, 6.07) is 3.16. The molecule has 2 rings (SSSR count). The van der Waals surface area contributed by atoms with Crippen molar-refractivity contribution in [3.63, 3.8) is 0 Å². The van der Waals surface area contributed by atoms with Gasteiger partial charge in [0.1, 0.15) is 0 Å². The minimum atomic E-state index is -3.61. The number of sulfonamides is 1. The van der Waals surface area contributed by atoms with E-state index >= 15 is 0 Å². The first kappa shape index (κ1) is 13.3. The lowest BCUT2D eigenvalue weighted by molar-refractivity contribution is 0.310. The minimum absolute atomic E-state index is 0.00911. The molecule has 0 spiro atoms. The van der Waals surface area contributed by atoms with Crippen LogP contribution in [0.25, 0.3) is 0 Å². The molecular weight excluding hydrogens is 250 g/mol. The molecule has 1 aliphatic rings. The predicted octanol–water partition coefficient (Wildman–Crippen LogP) is 1.52. The number of nitrogens with one attached hydrogen (secondary N) is 1. The van der Waals surface area contributed by atoms with Gasteiger partial charge in [0.15, 0.2) is 5.03 Å². The molecular formula is C12H19N3O2S. The van der Waals surface area contributed by atoms with Crippen LogP contribution in [0, 0.1) is 5.92 Å². The van der Waals surface area contributed by atoms with Crippen LogP contribution in [0.15, 0.2) is 23.4 Å². The van der Waals surface area contributed by atoms with Crippen molar-refractivity contribution in [2.45, 2.75) is 43.7 Å². The molecule has 0 amide bonds. The predicted molar refractivity (Wildman–Crippen MR) is 70.4 cm³/mol. The lowest BCUT2D eigenvalue weighted by atomic mass is 9.87. The number of nitrogen functional groups attached to an aromatic ring is 1. The van der Waals surface area contributed by atoms with Crippen LogP contribution in [0.4, 0.5) is 5.69 Å². The van der Waals surface area contributed by atoms with Gasteiger partial charge in [-0.1, -0.05) is 19.8 Å². The summed E-state index contributed by atoms with van der Waals surface area (Å²) in [5.41, 5.74) is 5.85. The second-order valence-corrected chi connectivity index (χ2v) is 6.52. The molecule has 1 aliphatic carbocycles. The van der Waals surface area contributed by atoms with E-state index in [1.165, 1.54) is 12.6 Å². The first-order valence-electron chi connectivity index (χ1n) is 6.23. The van der Waals surface area contributed by atoms with Gasteiger partial charge in [-0.25, -0.2) is 18.1 Å². The van der Waals surface area contributed by atoms with Gasteiger partial charge in [0.25, 0.3) is 10.0 Å². The molecule has 0 aromatic carbocycles. The van der Waals surface area contributed by atoms with Gasteiger partial charge in [0.05, 0.1) is 5.69 Å². The van der Waals surface area contributed by atoms with Gasteiger partial charge in [0, 0.05) is 12.2 Å². The Morgan fingerprint density at radius 2 is 2.11 bits per heavy atom. The molecule has 2 unspecified atom stereocenters. The first-order valence-corrected chi connectivity index (χ1v) is 7.72. The average Bonchev–Trinajstić information content (AvgIpc) is 2.32. The van der Waals surface area contributed by atoms with Crippen LogP contribution in [0.1, 0.15) is 32.6 Å². The third-order valence-electron chi connectivity index (χ3n) is 3.47. The van der Waals surface area contributed by atoms with Crippen LogP contribution < -0.4 is 10.5 Å². The zero-order valence-corrected chi connectivity index (χ0v) is 11.3. The number of nitrogens with two attached hydrogens (primary N) is 1. The highest BCUT2D eigenvalue weighted by Gasteiger charge is 2.28. The van der Waals surface area contributed by atoms with E-state index in [2.05, 4.69) is 16.6 Å². The van der Waals surface area contributed by atoms with Crippen molar-refractivity contribution < 1.29 is 8.42 Å². The highest BCUT2D eigenvalue weighted by atomic mass is 32.2. The maximum atomic E-state index is 12.2. The summed E-state index contributed by atoms with van der Waals surface area (Å²) in [6.45, 7) is 2.08. The minimum Gasteiger partial charge on any atom is -0.396 e. The number of anilines is 1. The fraction of sp³-hybridized carbons (Fsp3) is 0.583. The number of rotatable bonds is 3. The Morgan fingerprint density at radius 1 is 1.39 bits per heavy atom. The SMILES string of the molecule is CC1CCCCC1NS(=O)(=O)c1ncccc1N. The third-order valence-corrected chi connectivity index (χ3v) is 4.94. The van der Waals surface area contributed by atoms with Crippen LogP contribution in [0.3, 0.4) is 0 Å². The summed E-state index contributed by atoms with van der Waals surface area (Å²) in [5.74, 6) is 0.360. The summed E-state index contributed by atoms with van der Waals surface area (Å²) in [4.78, 5) is 3.87. The molecule has 5 nitrogen and oxygen atoms in total. The summed E-state index contributed by atoms with van der Waals surface area (Å²) in [6.07, 6.45) is 5.62. The molecule has 1 heterocycles. The largest absolute Gasteiger partial charge is 0.396 e. The van der Waals surface area contributed by atoms with E-state index in [-0.39, 0.29) is 16.8 Å². The Bertz CT molecular complexity index is 516. The van der Waals surface area contributed by atoms with Gasteiger partial charge in [-0.15, -0.1) is 0 Å². The van der Waals surface area contributed by atoms with E-state index in [9.17, 15) is 8.42 Å². The van der Waals surface area contributed by atoms with Gasteiger partial charge >= 0.3 is 0 Å². The fourth-order valence-electron chi connectivity index (χ4n) is 2.37. The van der Waals surface area contributed by atoms with Crippen LogP contribution in [-0.2, 0) is 10.0 Å². The van der Waals surface area contributed by atoms with E-state index < -0.39 is 10.0 Å². The van der Waals surface area contributed by atoms with E-state index in [0.29, 0.717) is 5.92 Å². The van der Waals surface area contributed by atoms with E-state index in [0.717, 1.165) is 19.3 Å². The third kappa shape index (κ3) is 2.81. The summed E-state index contributed by atoms with van der Waals surface area (Å²) >= 11 is 0. The molecule has 0 bridgehead atoms. The normalized spacial score (nSPS) is 24.9. The molecule has 18 heavy (non-hydrogen) atoms. The van der Waals surface area contributed by atoms with Crippen LogP contribution in [0.2, 0.25) is 0 Å². The Labute approximate surface area is 108 Å². The van der Waals surface area contributed by atoms with Crippen LogP contribution in [0.5, 0.6) is 0 Å². The van der Waals surface area contributed by atoms with Gasteiger partial charge in [-0.3, -0.25) is 0 Å². The zero-order chi connectivity index (χ0) is 13.2. The standard InChI is InChI=1S/C12H19N3O2S/c1-9-5-2-3-7-11(9)15-18(16,17)12-10(13)6-4-8-14-12/h4,6,8-9,11,15H,2-3,5,7,13H2,1H3. The number of hydrogen-bond donors (Lipinski definition) is 2. The molecule has 3 N–H and O–H groups in total. The van der Waals surface area contributed by atoms with E-state index in [4.69, 9.17) is 5.73 Å². The van der Waals surface area contributed by atoms with Gasteiger partial charge in [-0.2, -0.15) is 0 Å². The number of pyridine rings is 1. The van der Waals surface area contributed by atoms with Gasteiger partial charge in [-0.05, 0) is 30.9 Å². The van der Waals surface area contributed by atoms with Crippen molar-refractivity contribution in [2.24, 2.45) is 5.92 Å². The van der Waals surface area contributed by atoms with Crippen molar-refractivity contribution in [1.82, 2.24) is 9.71 Å². The summed E-state index contributed by atoms with van der Waals surface area (Å²) < 4.78 is 27.2. The Hall–Kier alpha value is -1.14. The van der Waals surface area contributed by atoms with E-state index in [1.807, 2.05) is 0 Å². The molecule has 1 aromatic rings. The van der Waals surface area contributed by atoms with Gasteiger partial charge in [0.2, 0.25) is 0 Å². The van der Waals surface area contributed by atoms with Crippen molar-refractivity contribution >= 4 is 15.7 Å². The Kier molecular flexibility index (Phi) is 3.87. The molecule has 1 fully saturated rings. The summed E-state index contributed by atoms with van der Waals surface area (Å²) in [5, 5.41) is -0.0669. The summed E-state index contributed by atoms with van der Waals surface area (Å²) in [7, 11) is -3.61. The van der Waals surface area contributed by atoms with Crippen molar-refractivity contribution in [2.75, 3.05) is 5.73 Å². The van der Waals surface area contributed by atoms with Crippen molar-refractivity contribution in [3.05, 3.63) is 18.3 Å². The molecule has 0 saturated heterocycles. The van der Waals surface area contributed by atoms with Crippen molar-refractivity contribution in [1.29, 1.82) is 0 Å². The quantitative estimate of drug-likeness (QED) is 0.871. The molecule has 0 aliphatic heterocycles. The topological polar surface area (TPSA) is 85.1 Å². The zero-order valence-electron chi connectivity index (χ0n) is 10.5. The molecule has 100 valence electrons. The maximum absolute atomic E-state index is 12.2. The fourth-order valence-corrected chi connectivity index (χ4v) is 3.81. The Balaban J connectivity index is 2.19. The van der Waals surface area contributed by atoms with Crippen LogP contribution >= 0.6 is 0 Å². The van der Waals surface area contributed by atoms with Crippen molar-refractivity contribution in [3.8, 4) is 0 Å². The molecule has 1 aromatic heterocycles. The second-order valence-electron chi connectivity index (χ2n) is 4.89.